The van der Waals surface area contributed by atoms with Crippen LogP contribution in [0.2, 0.25) is 0 Å². The third kappa shape index (κ3) is 3.14. The number of carbonyl (C=O) groups excluding carboxylic acids is 1. The Hall–Kier alpha value is -1.73. The van der Waals surface area contributed by atoms with Crippen LogP contribution < -0.4 is 5.73 Å². The third-order valence-corrected chi connectivity index (χ3v) is 4.27. The number of anilines is 1. The Balaban J connectivity index is 1.70. The van der Waals surface area contributed by atoms with Gasteiger partial charge in [-0.25, -0.2) is 4.98 Å². The number of aromatic nitrogens is 1. The van der Waals surface area contributed by atoms with E-state index in [1.165, 1.54) is 11.8 Å². The predicted octanol–water partition coefficient (Wildman–Crippen LogP) is 1.75. The van der Waals surface area contributed by atoms with Crippen molar-refractivity contribution < 1.29 is 13.9 Å². The monoisotopic (exact) mass is 307 g/mol. The maximum absolute atomic E-state index is 12.3. The van der Waals surface area contributed by atoms with Gasteiger partial charge in [0, 0.05) is 24.8 Å². The summed E-state index contributed by atoms with van der Waals surface area (Å²) in [4.78, 5) is 18.5. The second-order valence-electron chi connectivity index (χ2n) is 4.90. The van der Waals surface area contributed by atoms with E-state index in [1.807, 2.05) is 17.9 Å². The summed E-state index contributed by atoms with van der Waals surface area (Å²) in [7, 11) is 0. The van der Waals surface area contributed by atoms with Crippen LogP contribution in [0.25, 0.3) is 11.1 Å². The van der Waals surface area contributed by atoms with E-state index in [0.717, 1.165) is 5.52 Å². The first-order chi connectivity index (χ1) is 10.1. The SMILES string of the molecule is CC(Sc1nc2ccc(N)cc2o1)C(=O)N1CCOCC1. The zero-order valence-corrected chi connectivity index (χ0v) is 12.6. The van der Waals surface area contributed by atoms with Gasteiger partial charge >= 0.3 is 0 Å². The molecular formula is C14H17N3O3S. The zero-order chi connectivity index (χ0) is 14.8. The fourth-order valence-electron chi connectivity index (χ4n) is 2.21. The van der Waals surface area contributed by atoms with E-state index < -0.39 is 0 Å². The summed E-state index contributed by atoms with van der Waals surface area (Å²) < 4.78 is 10.9. The number of morpholine rings is 1. The molecule has 0 bridgehead atoms. The first kappa shape index (κ1) is 14.2. The second kappa shape index (κ2) is 5.95. The van der Waals surface area contributed by atoms with Crippen LogP contribution in [-0.4, -0.2) is 47.3 Å². The summed E-state index contributed by atoms with van der Waals surface area (Å²) >= 11 is 1.33. The number of hydrogen-bond acceptors (Lipinski definition) is 6. The molecule has 2 heterocycles. The van der Waals surface area contributed by atoms with Crippen molar-refractivity contribution in [2.75, 3.05) is 32.0 Å². The molecule has 1 aromatic carbocycles. The maximum Gasteiger partial charge on any atom is 0.257 e. The number of benzene rings is 1. The minimum atomic E-state index is -0.242. The first-order valence-corrected chi connectivity index (χ1v) is 7.71. The first-order valence-electron chi connectivity index (χ1n) is 6.83. The van der Waals surface area contributed by atoms with E-state index in [1.54, 1.807) is 12.1 Å². The molecule has 1 aliphatic rings. The molecule has 0 aliphatic carbocycles. The quantitative estimate of drug-likeness (QED) is 0.687. The number of ether oxygens (including phenoxy) is 1. The lowest BCUT2D eigenvalue weighted by molar-refractivity contribution is -0.134. The molecule has 1 atom stereocenters. The minimum absolute atomic E-state index is 0.0880. The van der Waals surface area contributed by atoms with Gasteiger partial charge in [0.25, 0.3) is 5.22 Å². The van der Waals surface area contributed by atoms with E-state index in [9.17, 15) is 4.79 Å². The second-order valence-corrected chi connectivity index (χ2v) is 6.20. The topological polar surface area (TPSA) is 81.6 Å². The smallest absolute Gasteiger partial charge is 0.257 e. The van der Waals surface area contributed by atoms with Crippen molar-refractivity contribution >= 4 is 34.5 Å². The van der Waals surface area contributed by atoms with Gasteiger partial charge in [-0.05, 0) is 19.1 Å². The highest BCUT2D eigenvalue weighted by molar-refractivity contribution is 8.00. The van der Waals surface area contributed by atoms with E-state index in [2.05, 4.69) is 4.98 Å². The molecule has 6 nitrogen and oxygen atoms in total. The fraction of sp³-hybridized carbons (Fsp3) is 0.429. The number of nitrogen functional groups attached to an aromatic ring is 1. The number of amides is 1. The van der Waals surface area contributed by atoms with Crippen molar-refractivity contribution in [1.29, 1.82) is 0 Å². The molecule has 1 aromatic heterocycles. The number of oxazole rings is 1. The molecular weight excluding hydrogens is 290 g/mol. The Bertz CT molecular complexity index is 652. The van der Waals surface area contributed by atoms with Gasteiger partial charge < -0.3 is 19.8 Å². The number of nitrogens with two attached hydrogens (primary N) is 1. The highest BCUT2D eigenvalue weighted by Gasteiger charge is 2.24. The van der Waals surface area contributed by atoms with Crippen molar-refractivity contribution in [2.45, 2.75) is 17.4 Å². The van der Waals surface area contributed by atoms with Gasteiger partial charge in [-0.3, -0.25) is 4.79 Å². The Morgan fingerprint density at radius 3 is 2.95 bits per heavy atom. The van der Waals surface area contributed by atoms with E-state index in [-0.39, 0.29) is 11.2 Å². The highest BCUT2D eigenvalue weighted by Crippen LogP contribution is 2.28. The lowest BCUT2D eigenvalue weighted by atomic mass is 10.3. The summed E-state index contributed by atoms with van der Waals surface area (Å²) in [5.74, 6) is 0.0880. The normalized spacial score (nSPS) is 17.1. The third-order valence-electron chi connectivity index (χ3n) is 3.34. The van der Waals surface area contributed by atoms with Gasteiger partial charge in [-0.15, -0.1) is 0 Å². The number of carbonyl (C=O) groups is 1. The van der Waals surface area contributed by atoms with Gasteiger partial charge in [0.1, 0.15) is 5.52 Å². The molecule has 3 rings (SSSR count). The molecule has 112 valence electrons. The van der Waals surface area contributed by atoms with Crippen LogP contribution in [0.5, 0.6) is 0 Å². The van der Waals surface area contributed by atoms with Crippen LogP contribution in [0.3, 0.4) is 0 Å². The van der Waals surface area contributed by atoms with Crippen molar-refractivity contribution in [3.05, 3.63) is 18.2 Å². The Morgan fingerprint density at radius 2 is 2.19 bits per heavy atom. The summed E-state index contributed by atoms with van der Waals surface area (Å²) in [6.07, 6.45) is 0. The van der Waals surface area contributed by atoms with E-state index in [4.69, 9.17) is 14.9 Å². The van der Waals surface area contributed by atoms with E-state index >= 15 is 0 Å². The molecule has 1 saturated heterocycles. The molecule has 1 amide bonds. The van der Waals surface area contributed by atoms with Crippen molar-refractivity contribution in [3.8, 4) is 0 Å². The van der Waals surface area contributed by atoms with Crippen molar-refractivity contribution in [3.63, 3.8) is 0 Å². The standard InChI is InChI=1S/C14H17N3O3S/c1-9(13(18)17-4-6-19-7-5-17)21-14-16-11-3-2-10(15)8-12(11)20-14/h2-3,8-9H,4-7,15H2,1H3. The average molecular weight is 307 g/mol. The molecule has 2 aromatic rings. The van der Waals surface area contributed by atoms with Crippen LogP contribution >= 0.6 is 11.8 Å². The lowest BCUT2D eigenvalue weighted by Crippen LogP contribution is -2.44. The minimum Gasteiger partial charge on any atom is -0.431 e. The Kier molecular flexibility index (Phi) is 4.03. The summed E-state index contributed by atoms with van der Waals surface area (Å²) in [6, 6.07) is 5.33. The molecule has 1 aliphatic heterocycles. The highest BCUT2D eigenvalue weighted by atomic mass is 32.2. The number of nitrogens with zero attached hydrogens (tertiary/aromatic N) is 2. The number of fused-ring (bicyclic) bond motifs is 1. The van der Waals surface area contributed by atoms with Crippen LogP contribution in [0.15, 0.2) is 27.8 Å². The molecule has 0 radical (unpaired) electrons. The van der Waals surface area contributed by atoms with Gasteiger partial charge in [-0.1, -0.05) is 11.8 Å². The van der Waals surface area contributed by atoms with Crippen molar-refractivity contribution in [1.82, 2.24) is 9.88 Å². The predicted molar refractivity (Wildman–Crippen MR) is 81.1 cm³/mol. The average Bonchev–Trinajstić information content (AvgIpc) is 2.88. The molecule has 21 heavy (non-hydrogen) atoms. The fourth-order valence-corrected chi connectivity index (χ4v) is 3.05. The molecule has 0 saturated carbocycles. The molecule has 0 spiro atoms. The van der Waals surface area contributed by atoms with Gasteiger partial charge in [0.05, 0.1) is 18.5 Å². The van der Waals surface area contributed by atoms with Crippen LogP contribution in [-0.2, 0) is 9.53 Å². The van der Waals surface area contributed by atoms with Crippen LogP contribution in [0.1, 0.15) is 6.92 Å². The molecule has 7 heteroatoms. The van der Waals surface area contributed by atoms with E-state index in [0.29, 0.717) is 42.8 Å². The number of rotatable bonds is 3. The maximum atomic E-state index is 12.3. The van der Waals surface area contributed by atoms with Gasteiger partial charge in [0.2, 0.25) is 5.91 Å². The molecule has 1 unspecified atom stereocenters. The van der Waals surface area contributed by atoms with Crippen molar-refractivity contribution in [2.24, 2.45) is 0 Å². The lowest BCUT2D eigenvalue weighted by Gasteiger charge is -2.28. The Labute approximate surface area is 126 Å². The molecule has 1 fully saturated rings. The van der Waals surface area contributed by atoms with Crippen LogP contribution in [0, 0.1) is 0 Å². The largest absolute Gasteiger partial charge is 0.431 e. The number of thioether (sulfide) groups is 1. The number of hydrogen-bond donors (Lipinski definition) is 1. The van der Waals surface area contributed by atoms with Gasteiger partial charge in [0.15, 0.2) is 5.58 Å². The van der Waals surface area contributed by atoms with Crippen LogP contribution in [0.4, 0.5) is 5.69 Å². The summed E-state index contributed by atoms with van der Waals surface area (Å²) in [6.45, 7) is 4.37. The summed E-state index contributed by atoms with van der Waals surface area (Å²) in [5, 5.41) is 0.248. The Morgan fingerprint density at radius 1 is 1.43 bits per heavy atom. The van der Waals surface area contributed by atoms with Gasteiger partial charge in [-0.2, -0.15) is 0 Å². The summed E-state index contributed by atoms with van der Waals surface area (Å²) in [5.41, 5.74) is 7.74. The zero-order valence-electron chi connectivity index (χ0n) is 11.7. The molecule has 2 N–H and O–H groups in total.